The fourth-order valence-corrected chi connectivity index (χ4v) is 5.24. The van der Waals surface area contributed by atoms with Crippen LogP contribution in [0.5, 0.6) is 0 Å². The largest absolute Gasteiger partial charge is 0.454 e. The zero-order valence-corrected chi connectivity index (χ0v) is 20.8. The normalized spacial score (nSPS) is 23.1. The highest BCUT2D eigenvalue weighted by atomic mass is 28.4. The number of carbonyl (C=O) groups is 1. The van der Waals surface area contributed by atoms with Crippen molar-refractivity contribution in [1.29, 1.82) is 0 Å². The number of esters is 1. The number of allylic oxidation sites excluding steroid dienone is 1. The third-order valence-corrected chi connectivity index (χ3v) is 11.5. The van der Waals surface area contributed by atoms with Gasteiger partial charge in [-0.1, -0.05) is 76.1 Å². The van der Waals surface area contributed by atoms with Crippen LogP contribution in [-0.2, 0) is 9.16 Å². The lowest BCUT2D eigenvalue weighted by Gasteiger charge is -2.40. The third-order valence-electron chi connectivity index (χ3n) is 7.03. The molecule has 0 amide bonds. The summed E-state index contributed by atoms with van der Waals surface area (Å²) < 4.78 is 12.5. The van der Waals surface area contributed by atoms with Crippen LogP contribution in [0.4, 0.5) is 0 Å². The molecular weight excluding hydrogens is 400 g/mol. The molecule has 3 atom stereocenters. The van der Waals surface area contributed by atoms with E-state index in [-0.39, 0.29) is 29.1 Å². The van der Waals surface area contributed by atoms with Crippen LogP contribution in [0, 0.1) is 23.7 Å². The van der Waals surface area contributed by atoms with E-state index < -0.39 is 8.32 Å². The van der Waals surface area contributed by atoms with Crippen LogP contribution in [0.3, 0.4) is 0 Å². The van der Waals surface area contributed by atoms with Crippen LogP contribution in [0.1, 0.15) is 69.7 Å². The lowest BCUT2D eigenvalue weighted by Crippen LogP contribution is -2.45. The lowest BCUT2D eigenvalue weighted by atomic mass is 9.85. The van der Waals surface area contributed by atoms with Gasteiger partial charge >= 0.3 is 5.97 Å². The molecule has 2 aliphatic carbocycles. The van der Waals surface area contributed by atoms with Crippen molar-refractivity contribution in [1.82, 2.24) is 0 Å². The van der Waals surface area contributed by atoms with Crippen LogP contribution in [0.2, 0.25) is 18.1 Å². The van der Waals surface area contributed by atoms with Gasteiger partial charge in [0.15, 0.2) is 8.32 Å². The van der Waals surface area contributed by atoms with E-state index in [0.29, 0.717) is 11.5 Å². The monoisotopic (exact) mass is 438 g/mol. The summed E-state index contributed by atoms with van der Waals surface area (Å²) in [5, 5.41) is 0.172. The number of hydrogen-bond acceptors (Lipinski definition) is 3. The Bertz CT molecular complexity index is 820. The summed E-state index contributed by atoms with van der Waals surface area (Å²) in [6.45, 7) is 11.5. The highest BCUT2D eigenvalue weighted by Gasteiger charge is 2.40. The van der Waals surface area contributed by atoms with Crippen molar-refractivity contribution in [3.8, 4) is 11.8 Å². The molecule has 1 aromatic carbocycles. The number of ether oxygens (including phenoxy) is 1. The molecule has 0 spiro atoms. The molecule has 1 unspecified atom stereocenters. The molecule has 31 heavy (non-hydrogen) atoms. The van der Waals surface area contributed by atoms with Crippen molar-refractivity contribution < 1.29 is 14.0 Å². The average Bonchev–Trinajstić information content (AvgIpc) is 3.18. The molecule has 1 fully saturated rings. The molecule has 4 heteroatoms. The average molecular weight is 439 g/mol. The predicted octanol–water partition coefficient (Wildman–Crippen LogP) is 6.76. The van der Waals surface area contributed by atoms with Gasteiger partial charge in [-0.3, -0.25) is 0 Å². The van der Waals surface area contributed by atoms with Gasteiger partial charge in [0, 0.05) is 12.3 Å². The Morgan fingerprint density at radius 1 is 1.06 bits per heavy atom. The summed E-state index contributed by atoms with van der Waals surface area (Å²) in [6.07, 6.45) is 10.9. The van der Waals surface area contributed by atoms with Crippen molar-refractivity contribution in [2.24, 2.45) is 11.8 Å². The standard InChI is InChI=1S/C27H38O3Si/c1-27(2,3)31(4,5)30-25(22-12-8-6-9-13-22)19-17-21-16-18-24(20-21)29-26(28)23-14-10-7-11-15-23/h7,10-11,14-16,18,21-22,24-25H,6,8-9,12-13,20H2,1-5H3/t21-,24+,25?/m1/s1. The van der Waals surface area contributed by atoms with Crippen molar-refractivity contribution >= 4 is 14.3 Å². The van der Waals surface area contributed by atoms with E-state index in [2.05, 4.69) is 51.8 Å². The molecular formula is C27H38O3Si. The molecule has 0 aliphatic heterocycles. The van der Waals surface area contributed by atoms with E-state index in [1.54, 1.807) is 12.1 Å². The number of carbonyl (C=O) groups excluding carboxylic acids is 1. The molecule has 2 aliphatic rings. The molecule has 0 aromatic heterocycles. The van der Waals surface area contributed by atoms with Gasteiger partial charge in [0.1, 0.15) is 12.2 Å². The van der Waals surface area contributed by atoms with Crippen LogP contribution in [-0.4, -0.2) is 26.5 Å². The van der Waals surface area contributed by atoms with Crippen LogP contribution >= 0.6 is 0 Å². The first-order valence-electron chi connectivity index (χ1n) is 11.8. The van der Waals surface area contributed by atoms with Gasteiger partial charge in [0.25, 0.3) is 0 Å². The zero-order valence-electron chi connectivity index (χ0n) is 19.8. The van der Waals surface area contributed by atoms with Gasteiger partial charge in [-0.05, 0) is 55.1 Å². The fraction of sp³-hybridized carbons (Fsp3) is 0.593. The highest BCUT2D eigenvalue weighted by molar-refractivity contribution is 6.74. The Morgan fingerprint density at radius 3 is 2.39 bits per heavy atom. The maximum absolute atomic E-state index is 12.3. The van der Waals surface area contributed by atoms with E-state index in [4.69, 9.17) is 9.16 Å². The molecule has 0 saturated heterocycles. The van der Waals surface area contributed by atoms with E-state index in [1.165, 1.54) is 32.1 Å². The van der Waals surface area contributed by atoms with Gasteiger partial charge in [-0.25, -0.2) is 4.79 Å². The summed E-state index contributed by atoms with van der Waals surface area (Å²) in [4.78, 5) is 12.3. The molecule has 1 aromatic rings. The quantitative estimate of drug-likeness (QED) is 0.220. The minimum absolute atomic E-state index is 0.0144. The van der Waals surface area contributed by atoms with Gasteiger partial charge in [0.2, 0.25) is 0 Å². The van der Waals surface area contributed by atoms with Crippen molar-refractivity contribution in [2.45, 2.75) is 89.6 Å². The summed E-state index contributed by atoms with van der Waals surface area (Å²) >= 11 is 0. The maximum atomic E-state index is 12.3. The maximum Gasteiger partial charge on any atom is 0.338 e. The summed E-state index contributed by atoms with van der Waals surface area (Å²) in [7, 11) is -1.89. The smallest absolute Gasteiger partial charge is 0.338 e. The minimum Gasteiger partial charge on any atom is -0.454 e. The van der Waals surface area contributed by atoms with Crippen LogP contribution < -0.4 is 0 Å². The fourth-order valence-electron chi connectivity index (χ4n) is 4.00. The first kappa shape index (κ1) is 23.8. The Hall–Kier alpha value is -1.83. The predicted molar refractivity (Wildman–Crippen MR) is 129 cm³/mol. The topological polar surface area (TPSA) is 35.5 Å². The van der Waals surface area contributed by atoms with E-state index >= 15 is 0 Å². The molecule has 1 saturated carbocycles. The number of rotatable bonds is 5. The van der Waals surface area contributed by atoms with Crippen molar-refractivity contribution in [3.05, 3.63) is 48.0 Å². The molecule has 3 rings (SSSR count). The zero-order chi connectivity index (χ0) is 22.5. The van der Waals surface area contributed by atoms with E-state index in [1.807, 2.05) is 24.3 Å². The molecule has 0 bridgehead atoms. The second kappa shape index (κ2) is 10.2. The third kappa shape index (κ3) is 6.57. The SMILES string of the molecule is CC(C)(C)[Si](C)(C)OC(C#C[C@H]1C=C[C@H](OC(=O)c2ccccc2)C1)C1CCCCC1. The first-order valence-corrected chi connectivity index (χ1v) is 14.7. The van der Waals surface area contributed by atoms with E-state index in [0.717, 1.165) is 6.42 Å². The van der Waals surface area contributed by atoms with Gasteiger partial charge < -0.3 is 9.16 Å². The van der Waals surface area contributed by atoms with Gasteiger partial charge in [-0.2, -0.15) is 0 Å². The molecule has 168 valence electrons. The van der Waals surface area contributed by atoms with Gasteiger partial charge in [0.05, 0.1) is 5.56 Å². The Kier molecular flexibility index (Phi) is 7.83. The second-order valence-electron chi connectivity index (χ2n) is 10.5. The minimum atomic E-state index is -1.89. The summed E-state index contributed by atoms with van der Waals surface area (Å²) in [5.74, 6) is 7.38. The highest BCUT2D eigenvalue weighted by Crippen LogP contribution is 2.39. The Morgan fingerprint density at radius 2 is 1.74 bits per heavy atom. The van der Waals surface area contributed by atoms with Crippen molar-refractivity contribution in [2.75, 3.05) is 0 Å². The number of benzene rings is 1. The molecule has 0 heterocycles. The van der Waals surface area contributed by atoms with Crippen LogP contribution in [0.15, 0.2) is 42.5 Å². The number of hydrogen-bond donors (Lipinski definition) is 0. The van der Waals surface area contributed by atoms with Crippen LogP contribution in [0.25, 0.3) is 0 Å². The lowest BCUT2D eigenvalue weighted by molar-refractivity contribution is 0.0387. The van der Waals surface area contributed by atoms with E-state index in [9.17, 15) is 4.79 Å². The first-order chi connectivity index (χ1) is 14.7. The second-order valence-corrected chi connectivity index (χ2v) is 15.3. The molecule has 0 radical (unpaired) electrons. The Balaban J connectivity index is 1.64. The van der Waals surface area contributed by atoms with Crippen molar-refractivity contribution in [3.63, 3.8) is 0 Å². The molecule has 0 N–H and O–H groups in total. The molecule has 3 nitrogen and oxygen atoms in total. The Labute approximate surface area is 189 Å². The summed E-state index contributed by atoms with van der Waals surface area (Å²) in [6, 6.07) is 9.16. The summed E-state index contributed by atoms with van der Waals surface area (Å²) in [5.41, 5.74) is 0.588. The van der Waals surface area contributed by atoms with Gasteiger partial charge in [-0.15, -0.1) is 0 Å².